The number of methoxy groups -OCH3 is 1. The van der Waals surface area contributed by atoms with Crippen molar-refractivity contribution in [2.75, 3.05) is 19.0 Å². The number of carbonyl (C=O) groups excluding carboxylic acids is 1. The van der Waals surface area contributed by atoms with Crippen LogP contribution in [0.4, 0.5) is 5.69 Å². The lowest BCUT2D eigenvalue weighted by atomic mass is 10.2. The van der Waals surface area contributed by atoms with Crippen LogP contribution in [-0.2, 0) is 19.6 Å². The van der Waals surface area contributed by atoms with Crippen LogP contribution < -0.4 is 15.8 Å². The van der Waals surface area contributed by atoms with E-state index < -0.39 is 10.0 Å². The Kier molecular flexibility index (Phi) is 10.1. The summed E-state index contributed by atoms with van der Waals surface area (Å²) in [5, 5.41) is 2.65. The molecule has 1 aromatic rings. The Morgan fingerprint density at radius 3 is 2.58 bits per heavy atom. The lowest BCUT2D eigenvalue weighted by molar-refractivity contribution is -0.118. The Morgan fingerprint density at radius 1 is 1.38 bits per heavy atom. The fraction of sp³-hybridized carbons (Fsp3) is 0.533. The number of rotatable bonds is 9. The summed E-state index contributed by atoms with van der Waals surface area (Å²) in [6, 6.07) is 5.96. The summed E-state index contributed by atoms with van der Waals surface area (Å²) < 4.78 is 32.1. The zero-order valence-electron chi connectivity index (χ0n) is 14.1. The standard InChI is InChI=1S/C15H25N3O4S.ClH/c1-4-11(2)18-23(20,21)14-7-5-6-12(8-14)17-15(19)9-13(10-16)22-3;/h5-8,11,13,18H,4,9-10,16H2,1-3H3,(H,17,19);1H. The molecule has 4 N–H and O–H groups in total. The van der Waals surface area contributed by atoms with Gasteiger partial charge >= 0.3 is 0 Å². The minimum Gasteiger partial charge on any atom is -0.380 e. The van der Waals surface area contributed by atoms with Crippen molar-refractivity contribution in [1.29, 1.82) is 0 Å². The molecule has 0 radical (unpaired) electrons. The van der Waals surface area contributed by atoms with Gasteiger partial charge < -0.3 is 15.8 Å². The molecule has 0 heterocycles. The smallest absolute Gasteiger partial charge is 0.240 e. The molecule has 2 atom stereocenters. The molecular formula is C15H26ClN3O4S. The van der Waals surface area contributed by atoms with Crippen LogP contribution in [0.15, 0.2) is 29.2 Å². The van der Waals surface area contributed by atoms with Crippen LogP contribution in [0.2, 0.25) is 0 Å². The van der Waals surface area contributed by atoms with E-state index in [1.807, 2.05) is 6.92 Å². The van der Waals surface area contributed by atoms with Gasteiger partial charge in [0.25, 0.3) is 0 Å². The van der Waals surface area contributed by atoms with E-state index in [-0.39, 0.29) is 48.3 Å². The summed E-state index contributed by atoms with van der Waals surface area (Å²) >= 11 is 0. The number of carbonyl (C=O) groups is 1. The molecule has 0 saturated heterocycles. The molecule has 0 aliphatic heterocycles. The maximum Gasteiger partial charge on any atom is 0.240 e. The molecule has 0 aliphatic carbocycles. The van der Waals surface area contributed by atoms with Gasteiger partial charge in [0.05, 0.1) is 17.4 Å². The second-order valence-corrected chi connectivity index (χ2v) is 7.02. The van der Waals surface area contributed by atoms with Gasteiger partial charge in [-0.15, -0.1) is 12.4 Å². The number of benzene rings is 1. The highest BCUT2D eigenvalue weighted by Crippen LogP contribution is 2.16. The molecule has 1 aromatic carbocycles. The Morgan fingerprint density at radius 2 is 2.04 bits per heavy atom. The fourth-order valence-electron chi connectivity index (χ4n) is 1.84. The van der Waals surface area contributed by atoms with Crippen LogP contribution in [0.3, 0.4) is 0 Å². The van der Waals surface area contributed by atoms with Gasteiger partial charge in [-0.25, -0.2) is 13.1 Å². The Balaban J connectivity index is 0.00000529. The van der Waals surface area contributed by atoms with Gasteiger partial charge in [0.1, 0.15) is 0 Å². The van der Waals surface area contributed by atoms with E-state index in [9.17, 15) is 13.2 Å². The number of sulfonamides is 1. The first-order chi connectivity index (χ1) is 10.8. The Bertz CT molecular complexity index is 621. The van der Waals surface area contributed by atoms with Crippen molar-refractivity contribution in [1.82, 2.24) is 4.72 Å². The summed E-state index contributed by atoms with van der Waals surface area (Å²) in [5.74, 6) is -0.285. The minimum atomic E-state index is -3.61. The normalized spacial score (nSPS) is 13.7. The number of halogens is 1. The second-order valence-electron chi connectivity index (χ2n) is 5.30. The molecule has 24 heavy (non-hydrogen) atoms. The minimum absolute atomic E-state index is 0. The summed E-state index contributed by atoms with van der Waals surface area (Å²) in [5.41, 5.74) is 5.88. The predicted octanol–water partition coefficient (Wildman–Crippen LogP) is 1.49. The van der Waals surface area contributed by atoms with Crippen molar-refractivity contribution < 1.29 is 17.9 Å². The molecule has 0 aromatic heterocycles. The van der Waals surface area contributed by atoms with Gasteiger partial charge in [0.15, 0.2) is 0 Å². The number of nitrogens with one attached hydrogen (secondary N) is 2. The molecule has 9 heteroatoms. The van der Waals surface area contributed by atoms with E-state index >= 15 is 0 Å². The molecular weight excluding hydrogens is 354 g/mol. The second kappa shape index (κ2) is 10.6. The zero-order chi connectivity index (χ0) is 17.5. The average Bonchev–Trinajstić information content (AvgIpc) is 2.52. The third-order valence-corrected chi connectivity index (χ3v) is 4.99. The SMILES string of the molecule is CCC(C)NS(=O)(=O)c1cccc(NC(=O)CC(CN)OC)c1.Cl. The topological polar surface area (TPSA) is 111 Å². The number of anilines is 1. The molecule has 7 nitrogen and oxygen atoms in total. The molecule has 0 fully saturated rings. The highest BCUT2D eigenvalue weighted by Gasteiger charge is 2.17. The first kappa shape index (κ1) is 22.8. The third-order valence-electron chi connectivity index (χ3n) is 3.41. The van der Waals surface area contributed by atoms with Gasteiger partial charge in [-0.2, -0.15) is 0 Å². The molecule has 1 amide bonds. The van der Waals surface area contributed by atoms with E-state index in [2.05, 4.69) is 10.0 Å². The highest BCUT2D eigenvalue weighted by molar-refractivity contribution is 7.89. The first-order valence-corrected chi connectivity index (χ1v) is 8.95. The van der Waals surface area contributed by atoms with E-state index in [0.717, 1.165) is 0 Å². The lowest BCUT2D eigenvalue weighted by Crippen LogP contribution is -2.32. The molecule has 0 saturated carbocycles. The van der Waals surface area contributed by atoms with Gasteiger partial charge in [-0.05, 0) is 31.5 Å². The van der Waals surface area contributed by atoms with Gasteiger partial charge in [0, 0.05) is 25.4 Å². The summed E-state index contributed by atoms with van der Waals surface area (Å²) in [6.07, 6.45) is 0.427. The maximum atomic E-state index is 12.2. The molecule has 2 unspecified atom stereocenters. The van der Waals surface area contributed by atoms with Gasteiger partial charge in [-0.1, -0.05) is 13.0 Å². The quantitative estimate of drug-likeness (QED) is 0.602. The lowest BCUT2D eigenvalue weighted by Gasteiger charge is -2.14. The average molecular weight is 380 g/mol. The fourth-order valence-corrected chi connectivity index (χ4v) is 3.21. The van der Waals surface area contributed by atoms with Crippen LogP contribution in [0, 0.1) is 0 Å². The predicted molar refractivity (Wildman–Crippen MR) is 96.9 cm³/mol. The molecule has 0 spiro atoms. The van der Waals surface area contributed by atoms with Crippen molar-refractivity contribution in [3.05, 3.63) is 24.3 Å². The molecule has 0 aliphatic rings. The molecule has 0 bridgehead atoms. The van der Waals surface area contributed by atoms with E-state index in [1.165, 1.54) is 19.2 Å². The number of ether oxygens (including phenoxy) is 1. The van der Waals surface area contributed by atoms with Crippen molar-refractivity contribution in [2.24, 2.45) is 5.73 Å². The summed E-state index contributed by atoms with van der Waals surface area (Å²) in [7, 11) is -2.12. The van der Waals surface area contributed by atoms with Crippen LogP contribution >= 0.6 is 12.4 Å². The van der Waals surface area contributed by atoms with Crippen molar-refractivity contribution in [3.8, 4) is 0 Å². The van der Waals surface area contributed by atoms with E-state index in [1.54, 1.807) is 19.1 Å². The third kappa shape index (κ3) is 7.14. The Hall–Kier alpha value is -1.19. The van der Waals surface area contributed by atoms with E-state index in [0.29, 0.717) is 12.1 Å². The Labute approximate surface area is 149 Å². The van der Waals surface area contributed by atoms with Gasteiger partial charge in [-0.3, -0.25) is 4.79 Å². The van der Waals surface area contributed by atoms with Crippen LogP contribution in [-0.4, -0.2) is 40.1 Å². The molecule has 1 rings (SSSR count). The highest BCUT2D eigenvalue weighted by atomic mass is 35.5. The largest absolute Gasteiger partial charge is 0.380 e. The summed E-state index contributed by atoms with van der Waals surface area (Å²) in [6.45, 7) is 3.92. The molecule has 138 valence electrons. The first-order valence-electron chi connectivity index (χ1n) is 7.47. The zero-order valence-corrected chi connectivity index (χ0v) is 15.7. The number of hydrogen-bond acceptors (Lipinski definition) is 5. The number of nitrogens with two attached hydrogens (primary N) is 1. The monoisotopic (exact) mass is 379 g/mol. The number of hydrogen-bond donors (Lipinski definition) is 3. The number of amides is 1. The van der Waals surface area contributed by atoms with Crippen molar-refractivity contribution in [2.45, 2.75) is 43.7 Å². The van der Waals surface area contributed by atoms with Crippen molar-refractivity contribution in [3.63, 3.8) is 0 Å². The van der Waals surface area contributed by atoms with Gasteiger partial charge in [0.2, 0.25) is 15.9 Å². The van der Waals surface area contributed by atoms with Crippen molar-refractivity contribution >= 4 is 34.0 Å². The van der Waals surface area contributed by atoms with E-state index in [4.69, 9.17) is 10.5 Å². The van der Waals surface area contributed by atoms with Crippen LogP contribution in [0.1, 0.15) is 26.7 Å². The summed E-state index contributed by atoms with van der Waals surface area (Å²) in [4.78, 5) is 12.0. The van der Waals surface area contributed by atoms with Crippen LogP contribution in [0.5, 0.6) is 0 Å². The van der Waals surface area contributed by atoms with Crippen LogP contribution in [0.25, 0.3) is 0 Å². The maximum absolute atomic E-state index is 12.2.